The van der Waals surface area contributed by atoms with Crippen LogP contribution in [0.1, 0.15) is 34.1 Å². The van der Waals surface area contributed by atoms with E-state index in [4.69, 9.17) is 4.74 Å². The number of fused-ring (bicyclic) bond motifs is 2. The highest BCUT2D eigenvalue weighted by atomic mass is 16.5. The number of nitrogens with one attached hydrogen (secondary N) is 1. The van der Waals surface area contributed by atoms with Crippen LogP contribution in [0.4, 0.5) is 0 Å². The van der Waals surface area contributed by atoms with Gasteiger partial charge in [-0.2, -0.15) is 0 Å². The van der Waals surface area contributed by atoms with Gasteiger partial charge in [-0.25, -0.2) is 4.68 Å². The third kappa shape index (κ3) is 3.83. The number of rotatable bonds is 6. The van der Waals surface area contributed by atoms with Gasteiger partial charge in [-0.15, -0.1) is 5.10 Å². The number of benzene rings is 2. The first-order valence-electron chi connectivity index (χ1n) is 10.8. The number of tetrazole rings is 1. The number of methoxy groups -OCH3 is 1. The number of nitrogens with zero attached hydrogens (tertiary/aromatic N) is 5. The fraction of sp³-hybridized carbons (Fsp3) is 0.333. The zero-order chi connectivity index (χ0) is 22.1. The molecule has 1 atom stereocenters. The van der Waals surface area contributed by atoms with E-state index in [1.54, 1.807) is 11.8 Å². The summed E-state index contributed by atoms with van der Waals surface area (Å²) < 4.78 is 6.99. The SMILES string of the molecule is COCCn1nnnc1C(c1cc2ccc(C)cc2[nH]c1=O)N1CCc2ccccc2C1. The molecule has 5 rings (SSSR count). The Labute approximate surface area is 185 Å². The van der Waals surface area contributed by atoms with Crippen molar-refractivity contribution < 1.29 is 4.74 Å². The van der Waals surface area contributed by atoms with E-state index in [1.165, 1.54) is 11.1 Å². The molecule has 2 aromatic heterocycles. The fourth-order valence-corrected chi connectivity index (χ4v) is 4.52. The molecular weight excluding hydrogens is 404 g/mol. The van der Waals surface area contributed by atoms with E-state index in [0.717, 1.165) is 36.0 Å². The van der Waals surface area contributed by atoms with Crippen molar-refractivity contribution in [1.29, 1.82) is 0 Å². The second kappa shape index (κ2) is 8.64. The van der Waals surface area contributed by atoms with Gasteiger partial charge in [0.2, 0.25) is 0 Å². The minimum Gasteiger partial charge on any atom is -0.383 e. The van der Waals surface area contributed by atoms with E-state index >= 15 is 0 Å². The van der Waals surface area contributed by atoms with Gasteiger partial charge in [-0.3, -0.25) is 9.69 Å². The standard InChI is InChI=1S/C24H26N6O2/c1-16-7-8-18-14-20(24(31)25-21(18)13-16)22(23-26-27-28-30(23)11-12-32-2)29-10-9-17-5-3-4-6-19(17)15-29/h3-8,13-14,22H,9-12,15H2,1-2H3,(H,25,31). The molecule has 8 nitrogen and oxygen atoms in total. The lowest BCUT2D eigenvalue weighted by molar-refractivity contribution is 0.169. The Balaban J connectivity index is 1.63. The molecule has 1 aliphatic heterocycles. The molecular formula is C24H26N6O2. The van der Waals surface area contributed by atoms with E-state index in [-0.39, 0.29) is 11.6 Å². The second-order valence-electron chi connectivity index (χ2n) is 8.29. The largest absolute Gasteiger partial charge is 0.383 e. The van der Waals surface area contributed by atoms with Gasteiger partial charge in [0.05, 0.1) is 13.2 Å². The quantitative estimate of drug-likeness (QED) is 0.506. The Hall–Kier alpha value is -3.36. The van der Waals surface area contributed by atoms with Gasteiger partial charge < -0.3 is 9.72 Å². The van der Waals surface area contributed by atoms with Gasteiger partial charge >= 0.3 is 0 Å². The van der Waals surface area contributed by atoms with Gasteiger partial charge in [-0.05, 0) is 58.0 Å². The van der Waals surface area contributed by atoms with Crippen molar-refractivity contribution in [1.82, 2.24) is 30.1 Å². The molecule has 2 aromatic carbocycles. The third-order valence-electron chi connectivity index (χ3n) is 6.16. The van der Waals surface area contributed by atoms with Crippen molar-refractivity contribution >= 4 is 10.9 Å². The summed E-state index contributed by atoms with van der Waals surface area (Å²) in [6.07, 6.45) is 0.914. The Morgan fingerprint density at radius 3 is 2.84 bits per heavy atom. The molecule has 8 heteroatoms. The van der Waals surface area contributed by atoms with Crippen LogP contribution in [0.15, 0.2) is 53.3 Å². The molecule has 0 radical (unpaired) electrons. The number of H-pyrrole nitrogens is 1. The van der Waals surface area contributed by atoms with Crippen LogP contribution < -0.4 is 5.56 Å². The number of ether oxygens (including phenoxy) is 1. The van der Waals surface area contributed by atoms with E-state index < -0.39 is 0 Å². The van der Waals surface area contributed by atoms with E-state index in [9.17, 15) is 4.79 Å². The summed E-state index contributed by atoms with van der Waals surface area (Å²) in [5, 5.41) is 13.5. The van der Waals surface area contributed by atoms with Crippen LogP contribution in [0.5, 0.6) is 0 Å². The van der Waals surface area contributed by atoms with E-state index in [1.807, 2.05) is 25.1 Å². The maximum atomic E-state index is 13.3. The average molecular weight is 431 g/mol. The second-order valence-corrected chi connectivity index (χ2v) is 8.29. The summed E-state index contributed by atoms with van der Waals surface area (Å²) >= 11 is 0. The van der Waals surface area contributed by atoms with Crippen LogP contribution in [0.3, 0.4) is 0 Å². The topological polar surface area (TPSA) is 88.9 Å². The van der Waals surface area contributed by atoms with Gasteiger partial charge in [0.25, 0.3) is 5.56 Å². The first-order chi connectivity index (χ1) is 15.6. The van der Waals surface area contributed by atoms with Crippen LogP contribution in [-0.4, -0.2) is 50.4 Å². The zero-order valence-electron chi connectivity index (χ0n) is 18.3. The minimum absolute atomic E-state index is 0.117. The summed E-state index contributed by atoms with van der Waals surface area (Å²) in [4.78, 5) is 18.7. The van der Waals surface area contributed by atoms with Crippen LogP contribution in [0.2, 0.25) is 0 Å². The summed E-state index contributed by atoms with van der Waals surface area (Å²) in [6, 6.07) is 16.2. The molecule has 3 heterocycles. The van der Waals surface area contributed by atoms with Crippen LogP contribution in [0.25, 0.3) is 10.9 Å². The minimum atomic E-state index is -0.371. The lowest BCUT2D eigenvalue weighted by Gasteiger charge is -2.34. The van der Waals surface area contributed by atoms with Gasteiger partial charge in [0, 0.05) is 31.3 Å². The highest BCUT2D eigenvalue weighted by Crippen LogP contribution is 2.31. The van der Waals surface area contributed by atoms with Crippen molar-refractivity contribution in [3.8, 4) is 0 Å². The number of aromatic amines is 1. The molecule has 1 aliphatic rings. The summed E-state index contributed by atoms with van der Waals surface area (Å²) in [7, 11) is 1.65. The fourth-order valence-electron chi connectivity index (χ4n) is 4.52. The normalized spacial score (nSPS) is 15.1. The number of pyridine rings is 1. The Bertz CT molecular complexity index is 1310. The summed E-state index contributed by atoms with van der Waals surface area (Å²) in [5.74, 6) is 0.651. The number of hydrogen-bond donors (Lipinski definition) is 1. The maximum Gasteiger partial charge on any atom is 0.253 e. The number of hydrogen-bond acceptors (Lipinski definition) is 6. The van der Waals surface area contributed by atoms with Crippen LogP contribution >= 0.6 is 0 Å². The Morgan fingerprint density at radius 2 is 2.00 bits per heavy atom. The number of aryl methyl sites for hydroxylation is 1. The lowest BCUT2D eigenvalue weighted by Crippen LogP contribution is -2.38. The summed E-state index contributed by atoms with van der Waals surface area (Å²) in [6.45, 7) is 4.56. The molecule has 0 saturated carbocycles. The zero-order valence-corrected chi connectivity index (χ0v) is 18.3. The van der Waals surface area contributed by atoms with Crippen molar-refractivity contribution in [3.63, 3.8) is 0 Å². The van der Waals surface area contributed by atoms with Crippen LogP contribution in [0, 0.1) is 6.92 Å². The smallest absolute Gasteiger partial charge is 0.253 e. The maximum absolute atomic E-state index is 13.3. The first-order valence-corrected chi connectivity index (χ1v) is 10.8. The van der Waals surface area contributed by atoms with Gasteiger partial charge in [0.15, 0.2) is 5.82 Å². The molecule has 1 unspecified atom stereocenters. The highest BCUT2D eigenvalue weighted by Gasteiger charge is 2.32. The molecule has 32 heavy (non-hydrogen) atoms. The lowest BCUT2D eigenvalue weighted by atomic mass is 9.96. The van der Waals surface area contributed by atoms with Gasteiger partial charge in [-0.1, -0.05) is 36.4 Å². The molecule has 164 valence electrons. The van der Waals surface area contributed by atoms with E-state index in [0.29, 0.717) is 24.5 Å². The predicted octanol–water partition coefficient (Wildman–Crippen LogP) is 2.62. The Morgan fingerprint density at radius 1 is 1.16 bits per heavy atom. The monoisotopic (exact) mass is 430 g/mol. The van der Waals surface area contributed by atoms with E-state index in [2.05, 4.69) is 55.7 Å². The molecule has 4 aromatic rings. The molecule has 0 bridgehead atoms. The molecule has 0 aliphatic carbocycles. The first kappa shape index (κ1) is 20.5. The molecule has 0 saturated heterocycles. The van der Waals surface area contributed by atoms with Crippen molar-refractivity contribution in [2.24, 2.45) is 0 Å². The van der Waals surface area contributed by atoms with Crippen molar-refractivity contribution in [3.05, 3.63) is 87.0 Å². The number of aromatic nitrogens is 5. The molecule has 1 N–H and O–H groups in total. The van der Waals surface area contributed by atoms with Crippen molar-refractivity contribution in [2.45, 2.75) is 32.5 Å². The van der Waals surface area contributed by atoms with Crippen molar-refractivity contribution in [2.75, 3.05) is 20.3 Å². The summed E-state index contributed by atoms with van der Waals surface area (Å²) in [5.41, 5.74) is 5.09. The molecule has 0 fully saturated rings. The van der Waals surface area contributed by atoms with Crippen LogP contribution in [-0.2, 0) is 24.2 Å². The molecule has 0 spiro atoms. The third-order valence-corrected chi connectivity index (χ3v) is 6.16. The molecule has 0 amide bonds. The van der Waals surface area contributed by atoms with Gasteiger partial charge in [0.1, 0.15) is 6.04 Å². The average Bonchev–Trinajstić information content (AvgIpc) is 3.26. The predicted molar refractivity (Wildman–Crippen MR) is 121 cm³/mol. The highest BCUT2D eigenvalue weighted by molar-refractivity contribution is 5.79. The Kier molecular flexibility index (Phi) is 5.55.